The normalized spacial score (nSPS) is 12.3. The Labute approximate surface area is 241 Å². The van der Waals surface area contributed by atoms with Crippen LogP contribution in [0, 0.1) is 0 Å². The first-order chi connectivity index (χ1) is 20.8. The zero-order chi connectivity index (χ0) is 27.4. The Morgan fingerprint density at radius 1 is 0.405 bits per heavy atom. The van der Waals surface area contributed by atoms with E-state index in [1.165, 1.54) is 76.8 Å². The molecule has 0 radical (unpaired) electrons. The molecule has 10 rings (SSSR count). The van der Waals surface area contributed by atoms with Gasteiger partial charge < -0.3 is 9.13 Å². The summed E-state index contributed by atoms with van der Waals surface area (Å²) in [5.41, 5.74) is 11.9. The maximum atomic E-state index is 4.82. The molecular formula is C39H23N3. The first kappa shape index (κ1) is 22.1. The largest absolute Gasteiger partial charge is 0.309 e. The maximum absolute atomic E-state index is 4.82. The van der Waals surface area contributed by atoms with Crippen LogP contribution >= 0.6 is 0 Å². The molecule has 0 saturated carbocycles. The zero-order valence-corrected chi connectivity index (χ0v) is 22.6. The smallest absolute Gasteiger partial charge is 0.0787 e. The van der Waals surface area contributed by atoms with Gasteiger partial charge in [0.2, 0.25) is 0 Å². The number of hydrogen-bond acceptors (Lipinski definition) is 1. The van der Waals surface area contributed by atoms with E-state index in [-0.39, 0.29) is 0 Å². The Balaban J connectivity index is 1.27. The van der Waals surface area contributed by atoms with Crippen molar-refractivity contribution in [3.8, 4) is 33.8 Å². The molecule has 6 aromatic carbocycles. The van der Waals surface area contributed by atoms with Crippen molar-refractivity contribution in [3.63, 3.8) is 0 Å². The van der Waals surface area contributed by atoms with E-state index in [4.69, 9.17) is 4.98 Å². The van der Waals surface area contributed by atoms with E-state index >= 15 is 0 Å². The van der Waals surface area contributed by atoms with Gasteiger partial charge in [0.25, 0.3) is 0 Å². The van der Waals surface area contributed by atoms with Crippen LogP contribution in [0.25, 0.3) is 88.1 Å². The fourth-order valence-corrected chi connectivity index (χ4v) is 7.37. The van der Waals surface area contributed by atoms with Crippen LogP contribution in [-0.2, 0) is 0 Å². The first-order valence-corrected chi connectivity index (χ1v) is 14.4. The number of rotatable bonds is 2. The third-order valence-electron chi connectivity index (χ3n) is 9.07. The highest BCUT2D eigenvalue weighted by Gasteiger charge is 2.24. The van der Waals surface area contributed by atoms with Crippen molar-refractivity contribution in [2.75, 3.05) is 0 Å². The molecule has 0 amide bonds. The predicted molar refractivity (Wildman–Crippen MR) is 175 cm³/mol. The average molecular weight is 534 g/mol. The summed E-state index contributed by atoms with van der Waals surface area (Å²) >= 11 is 0. The van der Waals surface area contributed by atoms with Gasteiger partial charge in [-0.3, -0.25) is 4.98 Å². The van der Waals surface area contributed by atoms with Crippen LogP contribution in [0.2, 0.25) is 0 Å². The van der Waals surface area contributed by atoms with Gasteiger partial charge in [0.05, 0.1) is 27.8 Å². The van der Waals surface area contributed by atoms with Gasteiger partial charge in [-0.15, -0.1) is 0 Å². The molecule has 0 unspecified atom stereocenters. The number of hydrogen-bond donors (Lipinski definition) is 0. The molecule has 42 heavy (non-hydrogen) atoms. The molecule has 3 heteroatoms. The van der Waals surface area contributed by atoms with Gasteiger partial charge in [-0.2, -0.15) is 0 Å². The highest BCUT2D eigenvalue weighted by atomic mass is 15.0. The molecule has 1 aliphatic rings. The fraction of sp³-hybridized carbons (Fsp3) is 0. The zero-order valence-electron chi connectivity index (χ0n) is 22.6. The highest BCUT2D eigenvalue weighted by molar-refractivity contribution is 6.16. The third kappa shape index (κ3) is 2.77. The van der Waals surface area contributed by atoms with Crippen molar-refractivity contribution >= 4 is 54.4 Å². The van der Waals surface area contributed by atoms with Crippen LogP contribution < -0.4 is 0 Å². The second-order valence-electron chi connectivity index (χ2n) is 11.2. The first-order valence-electron chi connectivity index (χ1n) is 14.4. The van der Waals surface area contributed by atoms with Gasteiger partial charge in [0, 0.05) is 50.2 Å². The molecule has 1 aliphatic carbocycles. The van der Waals surface area contributed by atoms with Gasteiger partial charge in [0.1, 0.15) is 0 Å². The molecule has 194 valence electrons. The van der Waals surface area contributed by atoms with E-state index in [0.717, 1.165) is 11.4 Å². The second-order valence-corrected chi connectivity index (χ2v) is 11.2. The van der Waals surface area contributed by atoms with Crippen molar-refractivity contribution < 1.29 is 0 Å². The summed E-state index contributed by atoms with van der Waals surface area (Å²) in [5.74, 6) is 0. The topological polar surface area (TPSA) is 22.8 Å². The molecular weight excluding hydrogens is 510 g/mol. The van der Waals surface area contributed by atoms with Gasteiger partial charge in [-0.25, -0.2) is 0 Å². The summed E-state index contributed by atoms with van der Waals surface area (Å²) in [6.45, 7) is 0. The Morgan fingerprint density at radius 2 is 1.02 bits per heavy atom. The third-order valence-corrected chi connectivity index (χ3v) is 9.07. The molecule has 0 bridgehead atoms. The maximum Gasteiger partial charge on any atom is 0.0787 e. The summed E-state index contributed by atoms with van der Waals surface area (Å²) in [7, 11) is 0. The molecule has 3 aromatic heterocycles. The minimum atomic E-state index is 1.07. The van der Waals surface area contributed by atoms with E-state index in [1.54, 1.807) is 0 Å². The molecule has 9 aromatic rings. The van der Waals surface area contributed by atoms with E-state index in [0.29, 0.717) is 0 Å². The number of aromatic nitrogens is 3. The lowest BCUT2D eigenvalue weighted by Crippen LogP contribution is -1.96. The molecule has 0 aliphatic heterocycles. The quantitative estimate of drug-likeness (QED) is 0.217. The van der Waals surface area contributed by atoms with Crippen molar-refractivity contribution in [1.82, 2.24) is 14.1 Å². The number of benzene rings is 6. The number of nitrogens with zero attached hydrogens (tertiary/aromatic N) is 3. The summed E-state index contributed by atoms with van der Waals surface area (Å²) in [6.07, 6.45) is 1.90. The van der Waals surface area contributed by atoms with E-state index < -0.39 is 0 Å². The molecule has 0 fully saturated rings. The van der Waals surface area contributed by atoms with Crippen LogP contribution in [0.4, 0.5) is 0 Å². The summed E-state index contributed by atoms with van der Waals surface area (Å²) in [4.78, 5) is 4.82. The minimum absolute atomic E-state index is 1.07. The monoisotopic (exact) mass is 533 g/mol. The molecule has 0 spiro atoms. The van der Waals surface area contributed by atoms with Gasteiger partial charge in [-0.05, 0) is 70.9 Å². The summed E-state index contributed by atoms with van der Waals surface area (Å²) in [5, 5.41) is 7.58. The van der Waals surface area contributed by atoms with Crippen molar-refractivity contribution in [3.05, 3.63) is 140 Å². The molecule has 0 saturated heterocycles. The second kappa shape index (κ2) is 7.96. The Kier molecular flexibility index (Phi) is 4.18. The lowest BCUT2D eigenvalue weighted by Gasteiger charge is -2.12. The van der Waals surface area contributed by atoms with E-state index in [1.807, 2.05) is 12.3 Å². The standard InChI is InChI=1S/C39H23N3/c1-4-15-34-27(10-1)28-11-2-5-16-35(28)41(34)25-18-19-37-32(22-25)29-12-3-6-17-36(29)42(37)26-21-24-9-7-13-30-31-14-8-20-40-39(31)33(23-26)38(24)30/h1-23H. The van der Waals surface area contributed by atoms with Crippen molar-refractivity contribution in [1.29, 1.82) is 0 Å². The SMILES string of the molecule is c1cnc2c(c1)-c1cccc3cc(-n4c5ccccc5c5cc(-n6c7ccccc7c7ccccc76)ccc54)cc-2c13. The predicted octanol–water partition coefficient (Wildman–Crippen LogP) is 10.1. The lowest BCUT2D eigenvalue weighted by atomic mass is 10.0. The molecule has 0 N–H and O–H groups in total. The average Bonchev–Trinajstić information content (AvgIpc) is 3.68. The van der Waals surface area contributed by atoms with Crippen molar-refractivity contribution in [2.24, 2.45) is 0 Å². The number of pyridine rings is 1. The van der Waals surface area contributed by atoms with Crippen LogP contribution in [0.3, 0.4) is 0 Å². The van der Waals surface area contributed by atoms with Crippen LogP contribution in [0.1, 0.15) is 0 Å². The van der Waals surface area contributed by atoms with Gasteiger partial charge in [0.15, 0.2) is 0 Å². The van der Waals surface area contributed by atoms with Crippen LogP contribution in [0.5, 0.6) is 0 Å². The van der Waals surface area contributed by atoms with Gasteiger partial charge >= 0.3 is 0 Å². The highest BCUT2D eigenvalue weighted by Crippen LogP contribution is 2.47. The van der Waals surface area contributed by atoms with E-state index in [9.17, 15) is 0 Å². The number of para-hydroxylation sites is 3. The summed E-state index contributed by atoms with van der Waals surface area (Å²) < 4.78 is 4.82. The Morgan fingerprint density at radius 3 is 1.76 bits per heavy atom. The summed E-state index contributed by atoms with van der Waals surface area (Å²) in [6, 6.07) is 48.6. The lowest BCUT2D eigenvalue weighted by molar-refractivity contribution is 1.17. The van der Waals surface area contributed by atoms with Crippen LogP contribution in [0.15, 0.2) is 140 Å². The molecule has 3 nitrogen and oxygen atoms in total. The van der Waals surface area contributed by atoms with Crippen molar-refractivity contribution in [2.45, 2.75) is 0 Å². The van der Waals surface area contributed by atoms with E-state index in [2.05, 4.69) is 137 Å². The van der Waals surface area contributed by atoms with Crippen LogP contribution in [-0.4, -0.2) is 14.1 Å². The fourth-order valence-electron chi connectivity index (χ4n) is 7.37. The number of fused-ring (bicyclic) bond motifs is 9. The Bertz CT molecular complexity index is 2530. The molecule has 3 heterocycles. The Hall–Kier alpha value is -5.67. The van der Waals surface area contributed by atoms with Gasteiger partial charge in [-0.1, -0.05) is 78.9 Å². The molecule has 0 atom stereocenters. The minimum Gasteiger partial charge on any atom is -0.309 e.